The number of urea groups is 1. The summed E-state index contributed by atoms with van der Waals surface area (Å²) in [4.78, 5) is 28.2. The predicted molar refractivity (Wildman–Crippen MR) is 94.4 cm³/mol. The van der Waals surface area contributed by atoms with Crippen LogP contribution in [0.5, 0.6) is 0 Å². The predicted octanol–water partition coefficient (Wildman–Crippen LogP) is -0.369. The highest BCUT2D eigenvalue weighted by molar-refractivity contribution is 5.92. The van der Waals surface area contributed by atoms with Gasteiger partial charge in [-0.15, -0.1) is 0 Å². The maximum atomic E-state index is 12.4. The molecule has 2 N–H and O–H groups in total. The molecule has 3 amide bonds. The van der Waals surface area contributed by atoms with Gasteiger partial charge in [0.25, 0.3) is 5.91 Å². The van der Waals surface area contributed by atoms with E-state index in [1.54, 1.807) is 21.8 Å². The average Bonchev–Trinajstić information content (AvgIpc) is 3.25. The lowest BCUT2D eigenvalue weighted by Crippen LogP contribution is -2.44. The van der Waals surface area contributed by atoms with Crippen molar-refractivity contribution in [3.8, 4) is 0 Å². The number of aromatic nitrogens is 2. The van der Waals surface area contributed by atoms with Crippen molar-refractivity contribution in [3.63, 3.8) is 0 Å². The van der Waals surface area contributed by atoms with Crippen molar-refractivity contribution in [2.24, 2.45) is 5.92 Å². The molecular formula is C17H26N6O4. The summed E-state index contributed by atoms with van der Waals surface area (Å²) in [5.74, 6) is -0.163. The molecule has 1 aromatic heterocycles. The zero-order valence-electron chi connectivity index (χ0n) is 15.5. The summed E-state index contributed by atoms with van der Waals surface area (Å²) in [5.41, 5.74) is 0.365. The van der Waals surface area contributed by atoms with Gasteiger partial charge in [0, 0.05) is 51.4 Å². The summed E-state index contributed by atoms with van der Waals surface area (Å²) >= 11 is 0. The molecule has 0 radical (unpaired) electrons. The molecule has 148 valence electrons. The molecule has 3 unspecified atom stereocenters. The van der Waals surface area contributed by atoms with Gasteiger partial charge in [-0.05, 0) is 6.07 Å². The fraction of sp³-hybridized carbons (Fsp3) is 0.706. The van der Waals surface area contributed by atoms with Gasteiger partial charge in [0.05, 0.1) is 25.3 Å². The van der Waals surface area contributed by atoms with Crippen molar-refractivity contribution < 1.29 is 19.5 Å². The number of amides is 3. The largest absolute Gasteiger partial charge is 0.379 e. The Morgan fingerprint density at radius 1 is 1.33 bits per heavy atom. The van der Waals surface area contributed by atoms with E-state index in [1.165, 1.54) is 0 Å². The summed E-state index contributed by atoms with van der Waals surface area (Å²) < 4.78 is 7.06. The monoisotopic (exact) mass is 378 g/mol. The Kier molecular flexibility index (Phi) is 5.02. The second-order valence-electron chi connectivity index (χ2n) is 7.42. The van der Waals surface area contributed by atoms with Gasteiger partial charge < -0.3 is 15.0 Å². The van der Waals surface area contributed by atoms with Crippen LogP contribution in [-0.4, -0.2) is 100 Å². The SMILES string of the molecule is CC1C2CN(CC1n1ccc(C(=O)NCCN3CCOCC3)n1)C(=O)N2O. The quantitative estimate of drug-likeness (QED) is 0.678. The first-order valence-electron chi connectivity index (χ1n) is 9.45. The van der Waals surface area contributed by atoms with Gasteiger partial charge >= 0.3 is 6.03 Å². The van der Waals surface area contributed by atoms with Gasteiger partial charge in [-0.1, -0.05) is 6.92 Å². The molecule has 3 saturated heterocycles. The summed E-state index contributed by atoms with van der Waals surface area (Å²) in [6.45, 7) is 7.63. The maximum Gasteiger partial charge on any atom is 0.344 e. The Hall–Kier alpha value is -2.17. The maximum absolute atomic E-state index is 12.4. The molecule has 0 aromatic carbocycles. The first kappa shape index (κ1) is 18.2. The Bertz CT molecular complexity index is 703. The second-order valence-corrected chi connectivity index (χ2v) is 7.42. The Morgan fingerprint density at radius 3 is 2.85 bits per heavy atom. The van der Waals surface area contributed by atoms with Crippen LogP contribution in [0.2, 0.25) is 0 Å². The topological polar surface area (TPSA) is 103 Å². The number of hydrogen-bond acceptors (Lipinski definition) is 6. The smallest absolute Gasteiger partial charge is 0.344 e. The van der Waals surface area contributed by atoms with Crippen LogP contribution in [-0.2, 0) is 4.74 Å². The second kappa shape index (κ2) is 7.45. The molecule has 0 aliphatic carbocycles. The number of ether oxygens (including phenoxy) is 1. The molecule has 3 aliphatic rings. The number of rotatable bonds is 5. The van der Waals surface area contributed by atoms with Gasteiger partial charge in [-0.25, -0.2) is 9.86 Å². The number of carbonyl (C=O) groups excluding carboxylic acids is 2. The number of nitrogens with zero attached hydrogens (tertiary/aromatic N) is 5. The van der Waals surface area contributed by atoms with Crippen LogP contribution in [0, 0.1) is 5.92 Å². The molecule has 1 aromatic rings. The van der Waals surface area contributed by atoms with Crippen molar-refractivity contribution in [3.05, 3.63) is 18.0 Å². The van der Waals surface area contributed by atoms with E-state index in [0.717, 1.165) is 37.9 Å². The number of fused-ring (bicyclic) bond motifs is 2. The van der Waals surface area contributed by atoms with E-state index in [-0.39, 0.29) is 29.9 Å². The molecule has 10 heteroatoms. The highest BCUT2D eigenvalue weighted by atomic mass is 16.5. The van der Waals surface area contributed by atoms with E-state index >= 15 is 0 Å². The van der Waals surface area contributed by atoms with Crippen molar-refractivity contribution in [1.82, 2.24) is 30.0 Å². The van der Waals surface area contributed by atoms with Gasteiger partial charge in [0.15, 0.2) is 0 Å². The minimum atomic E-state index is -0.359. The molecule has 27 heavy (non-hydrogen) atoms. The van der Waals surface area contributed by atoms with Crippen LogP contribution in [0.25, 0.3) is 0 Å². The minimum absolute atomic E-state index is 0.0369. The molecular weight excluding hydrogens is 352 g/mol. The van der Waals surface area contributed by atoms with Crippen LogP contribution >= 0.6 is 0 Å². The lowest BCUT2D eigenvalue weighted by Gasteiger charge is -2.34. The summed E-state index contributed by atoms with van der Waals surface area (Å²) in [5, 5.41) is 18.1. The van der Waals surface area contributed by atoms with E-state index in [9.17, 15) is 14.8 Å². The van der Waals surface area contributed by atoms with E-state index in [0.29, 0.717) is 25.3 Å². The fourth-order valence-electron chi connectivity index (χ4n) is 4.07. The van der Waals surface area contributed by atoms with Crippen molar-refractivity contribution in [2.75, 3.05) is 52.5 Å². The Labute approximate surface area is 157 Å². The van der Waals surface area contributed by atoms with Crippen molar-refractivity contribution in [1.29, 1.82) is 0 Å². The van der Waals surface area contributed by atoms with E-state index in [1.807, 2.05) is 6.92 Å². The molecule has 3 atom stereocenters. The molecule has 4 rings (SSSR count). The number of morpholine rings is 1. The lowest BCUT2D eigenvalue weighted by atomic mass is 9.90. The van der Waals surface area contributed by atoms with Crippen LogP contribution in [0.1, 0.15) is 23.5 Å². The summed E-state index contributed by atoms with van der Waals surface area (Å²) in [6.07, 6.45) is 1.77. The third-order valence-electron chi connectivity index (χ3n) is 5.81. The third kappa shape index (κ3) is 3.52. The Balaban J connectivity index is 1.34. The molecule has 0 saturated carbocycles. The number of nitrogens with one attached hydrogen (secondary N) is 1. The van der Waals surface area contributed by atoms with E-state index < -0.39 is 0 Å². The molecule has 2 bridgehead atoms. The number of hydrogen-bond donors (Lipinski definition) is 2. The van der Waals surface area contributed by atoms with E-state index in [4.69, 9.17) is 4.74 Å². The summed E-state index contributed by atoms with van der Waals surface area (Å²) in [6, 6.07) is 1.02. The molecule has 3 aliphatic heterocycles. The minimum Gasteiger partial charge on any atom is -0.379 e. The van der Waals surface area contributed by atoms with Crippen LogP contribution in [0.4, 0.5) is 4.79 Å². The van der Waals surface area contributed by atoms with Crippen LogP contribution < -0.4 is 5.32 Å². The number of piperidine rings is 1. The van der Waals surface area contributed by atoms with Crippen LogP contribution in [0.3, 0.4) is 0 Å². The highest BCUT2D eigenvalue weighted by Gasteiger charge is 2.48. The fourth-order valence-corrected chi connectivity index (χ4v) is 4.07. The molecule has 3 fully saturated rings. The van der Waals surface area contributed by atoms with Gasteiger partial charge in [-0.3, -0.25) is 19.6 Å². The number of hydroxylamine groups is 2. The molecule has 0 spiro atoms. The zero-order chi connectivity index (χ0) is 19.0. The zero-order valence-corrected chi connectivity index (χ0v) is 15.5. The van der Waals surface area contributed by atoms with Crippen molar-refractivity contribution >= 4 is 11.9 Å². The standard InChI is InChI=1S/C17H26N6O4/c1-12-14(10-21-11-15(12)23(26)17(21)25)22-4-2-13(19-22)16(24)18-3-5-20-6-8-27-9-7-20/h2,4,12,14-15,26H,3,5-11H2,1H3,(H,18,24). The van der Waals surface area contributed by atoms with Gasteiger partial charge in [0.2, 0.25) is 0 Å². The van der Waals surface area contributed by atoms with Crippen molar-refractivity contribution in [2.45, 2.75) is 19.0 Å². The van der Waals surface area contributed by atoms with Crippen LogP contribution in [0.15, 0.2) is 12.3 Å². The molecule has 4 heterocycles. The Morgan fingerprint density at radius 2 is 2.07 bits per heavy atom. The normalized spacial score (nSPS) is 28.7. The molecule has 10 nitrogen and oxygen atoms in total. The number of carbonyl (C=O) groups is 2. The average molecular weight is 378 g/mol. The highest BCUT2D eigenvalue weighted by Crippen LogP contribution is 2.35. The first-order chi connectivity index (χ1) is 13.0. The summed E-state index contributed by atoms with van der Waals surface area (Å²) in [7, 11) is 0. The van der Waals surface area contributed by atoms with Gasteiger partial charge in [0.1, 0.15) is 5.69 Å². The van der Waals surface area contributed by atoms with E-state index in [2.05, 4.69) is 15.3 Å². The first-order valence-corrected chi connectivity index (χ1v) is 9.45. The van der Waals surface area contributed by atoms with Gasteiger partial charge in [-0.2, -0.15) is 5.10 Å². The lowest BCUT2D eigenvalue weighted by molar-refractivity contribution is -0.0753. The third-order valence-corrected chi connectivity index (χ3v) is 5.81.